The van der Waals surface area contributed by atoms with E-state index in [0.29, 0.717) is 30.2 Å². The third-order valence-electron chi connectivity index (χ3n) is 5.03. The lowest BCUT2D eigenvalue weighted by Crippen LogP contribution is -2.45. The first-order chi connectivity index (χ1) is 13.2. The van der Waals surface area contributed by atoms with Gasteiger partial charge in [0.15, 0.2) is 5.79 Å². The standard InChI is InChI=1S/C20H23N3O4/c1-25-17-5-3-2-4-16(17)22-19(24)15-6-9-21-18(14-15)23-10-7-20(8-11-23)26-12-13-27-20/h2-6,9,14H,7-8,10-13H2,1H3,(H,22,24). The number of nitrogens with zero attached hydrogens (tertiary/aromatic N) is 2. The van der Waals surface area contributed by atoms with Crippen LogP contribution in [0.2, 0.25) is 0 Å². The number of hydrogen-bond acceptors (Lipinski definition) is 6. The van der Waals surface area contributed by atoms with Crippen LogP contribution in [-0.4, -0.2) is 50.1 Å². The fourth-order valence-corrected chi connectivity index (χ4v) is 3.54. The Morgan fingerprint density at radius 2 is 1.93 bits per heavy atom. The van der Waals surface area contributed by atoms with E-state index in [4.69, 9.17) is 14.2 Å². The number of nitrogens with one attached hydrogen (secondary N) is 1. The van der Waals surface area contributed by atoms with Gasteiger partial charge in [0.25, 0.3) is 5.91 Å². The zero-order valence-electron chi connectivity index (χ0n) is 15.3. The molecule has 142 valence electrons. The molecule has 7 heteroatoms. The summed E-state index contributed by atoms with van der Waals surface area (Å²) in [6.45, 7) is 2.89. The van der Waals surface area contributed by atoms with E-state index >= 15 is 0 Å². The summed E-state index contributed by atoms with van der Waals surface area (Å²) in [7, 11) is 1.58. The Morgan fingerprint density at radius 3 is 2.67 bits per heavy atom. The Labute approximate surface area is 158 Å². The summed E-state index contributed by atoms with van der Waals surface area (Å²) in [5.41, 5.74) is 1.19. The Morgan fingerprint density at radius 1 is 1.19 bits per heavy atom. The Kier molecular flexibility index (Phi) is 4.96. The first-order valence-corrected chi connectivity index (χ1v) is 9.12. The zero-order valence-corrected chi connectivity index (χ0v) is 15.3. The van der Waals surface area contributed by atoms with Crippen LogP contribution in [0.5, 0.6) is 5.75 Å². The molecule has 3 heterocycles. The quantitative estimate of drug-likeness (QED) is 0.893. The lowest BCUT2D eigenvalue weighted by molar-refractivity contribution is -0.169. The van der Waals surface area contributed by atoms with Crippen molar-refractivity contribution in [2.75, 3.05) is 43.6 Å². The van der Waals surface area contributed by atoms with Gasteiger partial charge in [-0.15, -0.1) is 0 Å². The molecule has 1 aromatic heterocycles. The van der Waals surface area contributed by atoms with E-state index in [-0.39, 0.29) is 5.91 Å². The third-order valence-corrected chi connectivity index (χ3v) is 5.03. The summed E-state index contributed by atoms with van der Waals surface area (Å²) >= 11 is 0. The van der Waals surface area contributed by atoms with Gasteiger partial charge < -0.3 is 24.4 Å². The van der Waals surface area contributed by atoms with Gasteiger partial charge in [-0.3, -0.25) is 4.79 Å². The van der Waals surface area contributed by atoms with Crippen LogP contribution in [0.3, 0.4) is 0 Å². The van der Waals surface area contributed by atoms with Crippen LogP contribution in [0.25, 0.3) is 0 Å². The van der Waals surface area contributed by atoms with Gasteiger partial charge in [0.1, 0.15) is 11.6 Å². The van der Waals surface area contributed by atoms with Crippen molar-refractivity contribution < 1.29 is 19.0 Å². The SMILES string of the molecule is COc1ccccc1NC(=O)c1ccnc(N2CCC3(CC2)OCCO3)c1. The number of ether oxygens (including phenoxy) is 3. The summed E-state index contributed by atoms with van der Waals surface area (Å²) in [6, 6.07) is 10.9. The minimum atomic E-state index is -0.421. The van der Waals surface area contributed by atoms with Crippen molar-refractivity contribution in [2.24, 2.45) is 0 Å². The lowest BCUT2D eigenvalue weighted by Gasteiger charge is -2.38. The van der Waals surface area contributed by atoms with Crippen LogP contribution in [0.4, 0.5) is 11.5 Å². The van der Waals surface area contributed by atoms with Gasteiger partial charge in [0, 0.05) is 37.7 Å². The second-order valence-electron chi connectivity index (χ2n) is 6.65. The zero-order chi connectivity index (χ0) is 18.7. The van der Waals surface area contributed by atoms with Gasteiger partial charge in [-0.2, -0.15) is 0 Å². The molecule has 4 rings (SSSR count). The molecule has 0 unspecified atom stereocenters. The number of carbonyl (C=O) groups excluding carboxylic acids is 1. The number of rotatable bonds is 4. The molecule has 0 aliphatic carbocycles. The number of aromatic nitrogens is 1. The fraction of sp³-hybridized carbons (Fsp3) is 0.400. The van der Waals surface area contributed by atoms with Gasteiger partial charge in [-0.05, 0) is 24.3 Å². The van der Waals surface area contributed by atoms with E-state index in [1.54, 1.807) is 19.4 Å². The molecule has 27 heavy (non-hydrogen) atoms. The lowest BCUT2D eigenvalue weighted by atomic mass is 10.0. The molecule has 2 aromatic rings. The number of piperidine rings is 1. The first kappa shape index (κ1) is 17.8. The number of hydrogen-bond donors (Lipinski definition) is 1. The second-order valence-corrected chi connectivity index (χ2v) is 6.65. The van der Waals surface area contributed by atoms with Gasteiger partial charge in [0.05, 0.1) is 26.0 Å². The molecule has 1 amide bonds. The summed E-state index contributed by atoms with van der Waals surface area (Å²) in [6.07, 6.45) is 3.26. The number of pyridine rings is 1. The molecule has 0 bridgehead atoms. The third kappa shape index (κ3) is 3.74. The van der Waals surface area contributed by atoms with Crippen LogP contribution in [0.15, 0.2) is 42.6 Å². The van der Waals surface area contributed by atoms with Crippen molar-refractivity contribution in [3.63, 3.8) is 0 Å². The summed E-state index contributed by atoms with van der Waals surface area (Å²) in [4.78, 5) is 19.3. The highest BCUT2D eigenvalue weighted by atomic mass is 16.7. The maximum atomic E-state index is 12.7. The van der Waals surface area contributed by atoms with Gasteiger partial charge in [-0.1, -0.05) is 12.1 Å². The summed E-state index contributed by atoms with van der Waals surface area (Å²) in [5.74, 6) is 0.794. The number of amides is 1. The van der Waals surface area contributed by atoms with Gasteiger partial charge in [0.2, 0.25) is 0 Å². The van der Waals surface area contributed by atoms with Gasteiger partial charge >= 0.3 is 0 Å². The minimum absolute atomic E-state index is 0.195. The van der Waals surface area contributed by atoms with E-state index in [9.17, 15) is 4.79 Å². The molecular weight excluding hydrogens is 346 g/mol. The molecule has 0 saturated carbocycles. The highest BCUT2D eigenvalue weighted by Gasteiger charge is 2.40. The van der Waals surface area contributed by atoms with E-state index in [1.807, 2.05) is 30.3 Å². The van der Waals surface area contributed by atoms with Crippen molar-refractivity contribution in [1.82, 2.24) is 4.98 Å². The topological polar surface area (TPSA) is 72.9 Å². The Bertz CT molecular complexity index is 810. The van der Waals surface area contributed by atoms with Crippen LogP contribution in [0.1, 0.15) is 23.2 Å². The number of para-hydroxylation sites is 2. The fourth-order valence-electron chi connectivity index (χ4n) is 3.54. The largest absolute Gasteiger partial charge is 0.495 e. The number of carbonyl (C=O) groups is 1. The Balaban J connectivity index is 1.45. The summed E-state index contributed by atoms with van der Waals surface area (Å²) in [5, 5.41) is 2.90. The van der Waals surface area contributed by atoms with Crippen molar-refractivity contribution >= 4 is 17.4 Å². The molecule has 1 aromatic carbocycles. The highest BCUT2D eigenvalue weighted by Crippen LogP contribution is 2.33. The maximum absolute atomic E-state index is 12.7. The van der Waals surface area contributed by atoms with E-state index < -0.39 is 5.79 Å². The van der Waals surface area contributed by atoms with Crippen LogP contribution >= 0.6 is 0 Å². The monoisotopic (exact) mass is 369 g/mol. The average Bonchev–Trinajstić information content (AvgIpc) is 3.17. The van der Waals surface area contributed by atoms with Crippen molar-refractivity contribution in [2.45, 2.75) is 18.6 Å². The predicted molar refractivity (Wildman–Crippen MR) is 101 cm³/mol. The molecule has 0 atom stereocenters. The second kappa shape index (κ2) is 7.54. The average molecular weight is 369 g/mol. The Hall–Kier alpha value is -2.64. The molecule has 2 fully saturated rings. The normalized spacial score (nSPS) is 18.5. The molecule has 7 nitrogen and oxygen atoms in total. The number of benzene rings is 1. The molecule has 2 saturated heterocycles. The molecule has 2 aliphatic rings. The molecule has 2 aliphatic heterocycles. The van der Waals surface area contributed by atoms with E-state index in [2.05, 4.69) is 15.2 Å². The van der Waals surface area contributed by atoms with Gasteiger partial charge in [-0.25, -0.2) is 4.98 Å². The molecule has 0 radical (unpaired) electrons. The number of anilines is 2. The van der Waals surface area contributed by atoms with E-state index in [0.717, 1.165) is 31.7 Å². The molecule has 1 N–H and O–H groups in total. The van der Waals surface area contributed by atoms with Crippen LogP contribution in [-0.2, 0) is 9.47 Å². The minimum Gasteiger partial charge on any atom is -0.495 e. The van der Waals surface area contributed by atoms with Crippen molar-refractivity contribution in [3.8, 4) is 5.75 Å². The predicted octanol–water partition coefficient (Wildman–Crippen LogP) is 2.69. The van der Waals surface area contributed by atoms with Crippen LogP contribution in [0, 0.1) is 0 Å². The number of methoxy groups -OCH3 is 1. The van der Waals surface area contributed by atoms with E-state index in [1.165, 1.54) is 0 Å². The highest BCUT2D eigenvalue weighted by molar-refractivity contribution is 6.05. The first-order valence-electron chi connectivity index (χ1n) is 9.12. The summed E-state index contributed by atoms with van der Waals surface area (Å²) < 4.78 is 16.8. The van der Waals surface area contributed by atoms with Crippen molar-refractivity contribution in [3.05, 3.63) is 48.2 Å². The van der Waals surface area contributed by atoms with Crippen molar-refractivity contribution in [1.29, 1.82) is 0 Å². The van der Waals surface area contributed by atoms with Crippen LogP contribution < -0.4 is 15.0 Å². The molecule has 1 spiro atoms. The molecular formula is C20H23N3O4. The maximum Gasteiger partial charge on any atom is 0.255 e. The smallest absolute Gasteiger partial charge is 0.255 e.